The van der Waals surface area contributed by atoms with E-state index in [-0.39, 0.29) is 0 Å². The predicted molar refractivity (Wildman–Crippen MR) is 289 cm³/mol. The normalized spacial score (nSPS) is 12.8. The smallest absolute Gasteiger partial charge is 0.132 e. The lowest BCUT2D eigenvalue weighted by Crippen LogP contribution is -2.32. The maximum atomic E-state index is 6.67. The predicted octanol–water partition coefficient (Wildman–Crippen LogP) is 17.7. The average Bonchev–Trinajstić information content (AvgIpc) is 3.92. The quantitative estimate of drug-likeness (QED) is 0.159. The standard InChI is InChI=1S/C67H44N2O/c1-2-20-45(21-3-1)49-22-4-5-23-50(49)51-24-6-7-25-52(51)54-27-9-15-33-62(54)68(46-38-40-47(41-39-46)69-63-34-16-10-28-55(63)56-29-11-17-35-64(56)69)48-42-43-59-57(44-48)53-26-8-12-30-58(53)67(59)60-31-13-18-36-65(60)70-66-37-19-14-32-61(66)67/h1-44H. The van der Waals surface area contributed by atoms with Crippen molar-refractivity contribution in [2.24, 2.45) is 0 Å². The molecule has 1 aromatic heterocycles. The van der Waals surface area contributed by atoms with Crippen molar-refractivity contribution in [3.63, 3.8) is 0 Å². The van der Waals surface area contributed by atoms with Crippen molar-refractivity contribution in [3.05, 3.63) is 289 Å². The van der Waals surface area contributed by atoms with E-state index in [9.17, 15) is 0 Å². The largest absolute Gasteiger partial charge is 0.457 e. The third-order valence-electron chi connectivity index (χ3n) is 14.7. The second kappa shape index (κ2) is 16.0. The fourth-order valence-electron chi connectivity index (χ4n) is 11.8. The highest BCUT2D eigenvalue weighted by Crippen LogP contribution is 2.62. The molecule has 0 amide bonds. The van der Waals surface area contributed by atoms with E-state index in [1.807, 2.05) is 0 Å². The van der Waals surface area contributed by atoms with E-state index < -0.39 is 5.41 Å². The maximum absolute atomic E-state index is 6.67. The number of benzene rings is 11. The van der Waals surface area contributed by atoms with Crippen molar-refractivity contribution in [1.82, 2.24) is 4.57 Å². The van der Waals surface area contributed by atoms with Gasteiger partial charge in [0.2, 0.25) is 0 Å². The lowest BCUT2D eigenvalue weighted by Gasteiger charge is -2.39. The Kier molecular flexibility index (Phi) is 9.11. The summed E-state index contributed by atoms with van der Waals surface area (Å²) in [7, 11) is 0. The molecule has 0 N–H and O–H groups in total. The molecule has 2 aliphatic rings. The highest BCUT2D eigenvalue weighted by molar-refractivity contribution is 6.09. The van der Waals surface area contributed by atoms with E-state index in [1.165, 1.54) is 66.3 Å². The number of fused-ring (bicyclic) bond motifs is 12. The van der Waals surface area contributed by atoms with Crippen LogP contribution in [0.15, 0.2) is 267 Å². The van der Waals surface area contributed by atoms with Crippen LogP contribution in [0, 0.1) is 0 Å². The molecular formula is C67H44N2O. The molecule has 1 spiro atoms. The fraction of sp³-hybridized carbons (Fsp3) is 0.0149. The van der Waals surface area contributed by atoms with Crippen LogP contribution in [-0.4, -0.2) is 4.57 Å². The van der Waals surface area contributed by atoms with Crippen LogP contribution in [0.3, 0.4) is 0 Å². The Morgan fingerprint density at radius 2 is 0.771 bits per heavy atom. The molecule has 328 valence electrons. The molecule has 0 saturated carbocycles. The van der Waals surface area contributed by atoms with Gasteiger partial charge in [0.1, 0.15) is 11.5 Å². The van der Waals surface area contributed by atoms with Gasteiger partial charge in [-0.2, -0.15) is 0 Å². The van der Waals surface area contributed by atoms with E-state index in [2.05, 4.69) is 276 Å². The second-order valence-corrected chi connectivity index (χ2v) is 18.3. The van der Waals surface area contributed by atoms with Crippen LogP contribution in [0.1, 0.15) is 22.3 Å². The Bertz CT molecular complexity index is 3900. The molecule has 0 saturated heterocycles. The minimum atomic E-state index is -0.562. The lowest BCUT2D eigenvalue weighted by atomic mass is 9.66. The molecule has 11 aromatic carbocycles. The van der Waals surface area contributed by atoms with Gasteiger partial charge in [0, 0.05) is 44.5 Å². The van der Waals surface area contributed by atoms with E-state index in [0.717, 1.165) is 56.5 Å². The van der Waals surface area contributed by atoms with Crippen molar-refractivity contribution >= 4 is 38.9 Å². The highest BCUT2D eigenvalue weighted by atomic mass is 16.5. The molecule has 2 heterocycles. The van der Waals surface area contributed by atoms with Gasteiger partial charge in [0.25, 0.3) is 0 Å². The Balaban J connectivity index is 0.997. The van der Waals surface area contributed by atoms with Crippen molar-refractivity contribution < 1.29 is 4.74 Å². The third-order valence-corrected chi connectivity index (χ3v) is 14.7. The zero-order valence-corrected chi connectivity index (χ0v) is 38.2. The van der Waals surface area contributed by atoms with Crippen LogP contribution < -0.4 is 9.64 Å². The number of aromatic nitrogens is 1. The second-order valence-electron chi connectivity index (χ2n) is 18.3. The molecule has 70 heavy (non-hydrogen) atoms. The molecule has 3 nitrogen and oxygen atoms in total. The number of ether oxygens (including phenoxy) is 1. The topological polar surface area (TPSA) is 17.4 Å². The molecule has 0 unspecified atom stereocenters. The number of anilines is 3. The summed E-state index contributed by atoms with van der Waals surface area (Å²) in [5.74, 6) is 1.78. The molecule has 14 rings (SSSR count). The van der Waals surface area contributed by atoms with E-state index in [4.69, 9.17) is 4.74 Å². The zero-order chi connectivity index (χ0) is 46.2. The first-order valence-corrected chi connectivity index (χ1v) is 24.1. The van der Waals surface area contributed by atoms with E-state index in [1.54, 1.807) is 0 Å². The molecule has 0 atom stereocenters. The molecule has 3 heteroatoms. The minimum absolute atomic E-state index is 0.562. The van der Waals surface area contributed by atoms with Crippen LogP contribution in [0.5, 0.6) is 11.5 Å². The average molecular weight is 893 g/mol. The molecule has 0 radical (unpaired) electrons. The summed E-state index contributed by atoms with van der Waals surface area (Å²) in [5.41, 5.74) is 20.5. The van der Waals surface area contributed by atoms with Gasteiger partial charge in [0.05, 0.1) is 22.1 Å². The first-order chi connectivity index (χ1) is 34.8. The van der Waals surface area contributed by atoms with Crippen LogP contribution in [-0.2, 0) is 5.41 Å². The molecule has 0 bridgehead atoms. The van der Waals surface area contributed by atoms with Gasteiger partial charge in [-0.25, -0.2) is 0 Å². The third kappa shape index (κ3) is 5.95. The van der Waals surface area contributed by atoms with Gasteiger partial charge in [0.15, 0.2) is 0 Å². The summed E-state index contributed by atoms with van der Waals surface area (Å²) in [5, 5.41) is 2.49. The lowest BCUT2D eigenvalue weighted by molar-refractivity contribution is 0.436. The molecule has 0 fully saturated rings. The van der Waals surface area contributed by atoms with Gasteiger partial charge in [-0.1, -0.05) is 200 Å². The highest BCUT2D eigenvalue weighted by Gasteiger charge is 2.51. The summed E-state index contributed by atoms with van der Waals surface area (Å²) in [4.78, 5) is 2.46. The SMILES string of the molecule is c1ccc(-c2ccccc2-c2ccccc2-c2ccccc2N(c2ccc(-n3c4ccccc4c4ccccc43)cc2)c2ccc3c(c2)-c2ccccc2C32c3ccccc3Oc3ccccc32)cc1. The maximum Gasteiger partial charge on any atom is 0.132 e. The van der Waals surface area contributed by atoms with Gasteiger partial charge in [-0.05, 0) is 117 Å². The van der Waals surface area contributed by atoms with Crippen molar-refractivity contribution in [3.8, 4) is 61.7 Å². The first kappa shape index (κ1) is 39.9. The Morgan fingerprint density at radius 3 is 1.43 bits per heavy atom. The van der Waals surface area contributed by atoms with Gasteiger partial charge < -0.3 is 14.2 Å². The van der Waals surface area contributed by atoms with Crippen LogP contribution >= 0.6 is 0 Å². The van der Waals surface area contributed by atoms with E-state index >= 15 is 0 Å². The number of hydrogen-bond acceptors (Lipinski definition) is 2. The van der Waals surface area contributed by atoms with E-state index in [0.29, 0.717) is 0 Å². The summed E-state index contributed by atoms with van der Waals surface area (Å²) in [6.07, 6.45) is 0. The zero-order valence-electron chi connectivity index (χ0n) is 38.2. The summed E-state index contributed by atoms with van der Waals surface area (Å²) >= 11 is 0. The Labute approximate surface area is 407 Å². The summed E-state index contributed by atoms with van der Waals surface area (Å²) < 4.78 is 9.07. The van der Waals surface area contributed by atoms with Gasteiger partial charge >= 0.3 is 0 Å². The monoisotopic (exact) mass is 892 g/mol. The number of rotatable bonds is 7. The van der Waals surface area contributed by atoms with Crippen LogP contribution in [0.2, 0.25) is 0 Å². The Morgan fingerprint density at radius 1 is 0.314 bits per heavy atom. The van der Waals surface area contributed by atoms with Gasteiger partial charge in [-0.3, -0.25) is 0 Å². The number of nitrogens with zero attached hydrogens (tertiary/aromatic N) is 2. The van der Waals surface area contributed by atoms with Crippen molar-refractivity contribution in [2.75, 3.05) is 4.90 Å². The summed E-state index contributed by atoms with van der Waals surface area (Å²) in [6, 6.07) is 97.2. The van der Waals surface area contributed by atoms with Crippen molar-refractivity contribution in [1.29, 1.82) is 0 Å². The summed E-state index contributed by atoms with van der Waals surface area (Å²) in [6.45, 7) is 0. The van der Waals surface area contributed by atoms with Crippen LogP contribution in [0.4, 0.5) is 17.1 Å². The molecular weight excluding hydrogens is 849 g/mol. The Hall–Kier alpha value is -9.18. The van der Waals surface area contributed by atoms with Gasteiger partial charge in [-0.15, -0.1) is 0 Å². The van der Waals surface area contributed by atoms with Crippen LogP contribution in [0.25, 0.3) is 72.0 Å². The minimum Gasteiger partial charge on any atom is -0.457 e. The fourth-order valence-corrected chi connectivity index (χ4v) is 11.8. The number of para-hydroxylation sites is 5. The molecule has 12 aromatic rings. The molecule has 1 aliphatic carbocycles. The first-order valence-electron chi connectivity index (χ1n) is 24.1. The number of hydrogen-bond donors (Lipinski definition) is 0. The molecule has 1 aliphatic heterocycles. The van der Waals surface area contributed by atoms with Crippen molar-refractivity contribution in [2.45, 2.75) is 5.41 Å².